The summed E-state index contributed by atoms with van der Waals surface area (Å²) in [7, 11) is 1.94. The molecule has 0 aromatic heterocycles. The Morgan fingerprint density at radius 2 is 1.76 bits per heavy atom. The minimum atomic E-state index is -0.867. The average Bonchev–Trinajstić information content (AvgIpc) is 3.42. The number of rotatable bonds is 5. The molecule has 178 valence electrons. The van der Waals surface area contributed by atoms with Gasteiger partial charge in [0.25, 0.3) is 5.91 Å². The third-order valence-corrected chi connectivity index (χ3v) is 6.27. The number of fused-ring (bicyclic) bond motifs is 1. The molecule has 1 saturated carbocycles. The lowest BCUT2D eigenvalue weighted by atomic mass is 10.0. The first-order valence-electron chi connectivity index (χ1n) is 11.3. The van der Waals surface area contributed by atoms with E-state index in [-0.39, 0.29) is 18.4 Å². The fourth-order valence-corrected chi connectivity index (χ4v) is 4.43. The second-order valence-corrected chi connectivity index (χ2v) is 10.1. The molecule has 2 heterocycles. The summed E-state index contributed by atoms with van der Waals surface area (Å²) in [5.74, 6) is -0.995. The summed E-state index contributed by atoms with van der Waals surface area (Å²) in [5, 5.41) is 16.3. The van der Waals surface area contributed by atoms with Gasteiger partial charge in [0.15, 0.2) is 0 Å². The number of carboxylic acid groups (broad SMARTS) is 1. The molecular formula is C24H32N4O5. The van der Waals surface area contributed by atoms with Crippen LogP contribution < -0.4 is 5.32 Å². The molecule has 1 saturated heterocycles. The lowest BCUT2D eigenvalue weighted by Crippen LogP contribution is -2.50. The second-order valence-electron chi connectivity index (χ2n) is 10.1. The van der Waals surface area contributed by atoms with Crippen LogP contribution in [0.5, 0.6) is 0 Å². The van der Waals surface area contributed by atoms with Crippen LogP contribution in [0.2, 0.25) is 0 Å². The van der Waals surface area contributed by atoms with Crippen molar-refractivity contribution in [3.63, 3.8) is 0 Å². The predicted molar refractivity (Wildman–Crippen MR) is 121 cm³/mol. The number of nitrogens with zero attached hydrogens (tertiary/aromatic N) is 3. The molecule has 9 heteroatoms. The molecule has 2 aliphatic heterocycles. The highest BCUT2D eigenvalue weighted by Gasteiger charge is 2.47. The van der Waals surface area contributed by atoms with Gasteiger partial charge in [-0.2, -0.15) is 0 Å². The van der Waals surface area contributed by atoms with Crippen LogP contribution in [0.1, 0.15) is 44.7 Å². The van der Waals surface area contributed by atoms with E-state index in [1.165, 1.54) is 0 Å². The lowest BCUT2D eigenvalue weighted by Gasteiger charge is -2.38. The number of ether oxygens (including phenoxy) is 1. The Labute approximate surface area is 193 Å². The number of likely N-dealkylation sites (N-methyl/N-ethyl adjacent to an activating group) is 1. The minimum absolute atomic E-state index is 0.0216. The molecule has 0 bridgehead atoms. The van der Waals surface area contributed by atoms with Gasteiger partial charge in [0.05, 0.1) is 42.9 Å². The van der Waals surface area contributed by atoms with Crippen molar-refractivity contribution < 1.29 is 24.2 Å². The first-order valence-corrected chi connectivity index (χ1v) is 11.3. The molecule has 33 heavy (non-hydrogen) atoms. The van der Waals surface area contributed by atoms with Gasteiger partial charge in [-0.05, 0) is 44.7 Å². The van der Waals surface area contributed by atoms with Crippen LogP contribution in [0.25, 0.3) is 0 Å². The zero-order valence-corrected chi connectivity index (χ0v) is 19.7. The molecule has 9 nitrogen and oxygen atoms in total. The Balaban J connectivity index is 1.49. The van der Waals surface area contributed by atoms with Gasteiger partial charge in [0.2, 0.25) is 0 Å². The summed E-state index contributed by atoms with van der Waals surface area (Å²) in [6.45, 7) is 7.47. The Morgan fingerprint density at radius 1 is 1.09 bits per heavy atom. The van der Waals surface area contributed by atoms with Crippen molar-refractivity contribution >= 4 is 18.0 Å². The summed E-state index contributed by atoms with van der Waals surface area (Å²) in [6, 6.07) is 7.42. The molecule has 2 fully saturated rings. The number of amides is 2. The summed E-state index contributed by atoms with van der Waals surface area (Å²) >= 11 is 0. The fourth-order valence-electron chi connectivity index (χ4n) is 4.43. The molecule has 2 N–H and O–H groups in total. The van der Waals surface area contributed by atoms with Crippen molar-refractivity contribution in [2.45, 2.75) is 51.2 Å². The smallest absolute Gasteiger partial charge is 0.410 e. The van der Waals surface area contributed by atoms with Crippen LogP contribution in [0.4, 0.5) is 4.79 Å². The quantitative estimate of drug-likeness (QED) is 0.699. The first kappa shape index (κ1) is 23.1. The van der Waals surface area contributed by atoms with Gasteiger partial charge in [-0.15, -0.1) is 0 Å². The number of carboxylic acids is 1. The number of hydrogen-bond donors (Lipinski definition) is 2. The van der Waals surface area contributed by atoms with Crippen molar-refractivity contribution in [3.8, 4) is 0 Å². The molecule has 1 aromatic rings. The molecular weight excluding hydrogens is 424 g/mol. The van der Waals surface area contributed by atoms with Crippen molar-refractivity contribution in [1.29, 1.82) is 0 Å². The van der Waals surface area contributed by atoms with E-state index < -0.39 is 17.1 Å². The SMILES string of the molecule is CN1CC(C(=O)NC2(c3ccc(CC(=O)O)cc3)CC2)=C2CN(C(=O)OC(C)(C)C)CCN21. The number of hydrazine groups is 1. The molecule has 2 amide bonds. The van der Waals surface area contributed by atoms with Crippen molar-refractivity contribution in [2.24, 2.45) is 0 Å². The highest BCUT2D eigenvalue weighted by Crippen LogP contribution is 2.46. The molecule has 0 unspecified atom stereocenters. The van der Waals surface area contributed by atoms with Gasteiger partial charge in [0.1, 0.15) is 5.60 Å². The van der Waals surface area contributed by atoms with E-state index in [4.69, 9.17) is 9.84 Å². The van der Waals surface area contributed by atoms with Gasteiger partial charge < -0.3 is 25.1 Å². The number of carbonyl (C=O) groups excluding carboxylic acids is 2. The number of carbonyl (C=O) groups is 3. The Bertz CT molecular complexity index is 991. The average molecular weight is 457 g/mol. The molecule has 4 rings (SSSR count). The maximum absolute atomic E-state index is 13.4. The van der Waals surface area contributed by atoms with Crippen LogP contribution in [0.15, 0.2) is 35.5 Å². The van der Waals surface area contributed by atoms with E-state index in [0.717, 1.165) is 29.7 Å². The monoisotopic (exact) mass is 456 g/mol. The minimum Gasteiger partial charge on any atom is -0.481 e. The Kier molecular flexibility index (Phi) is 5.86. The van der Waals surface area contributed by atoms with Crippen LogP contribution in [-0.4, -0.2) is 76.8 Å². The van der Waals surface area contributed by atoms with Crippen LogP contribution in [-0.2, 0) is 26.3 Å². The fraction of sp³-hybridized carbons (Fsp3) is 0.542. The van der Waals surface area contributed by atoms with E-state index in [1.54, 1.807) is 4.90 Å². The number of nitrogens with one attached hydrogen (secondary N) is 1. The predicted octanol–water partition coefficient (Wildman–Crippen LogP) is 2.09. The molecule has 0 spiro atoms. The van der Waals surface area contributed by atoms with Gasteiger partial charge in [0, 0.05) is 13.6 Å². The van der Waals surface area contributed by atoms with E-state index in [9.17, 15) is 14.4 Å². The summed E-state index contributed by atoms with van der Waals surface area (Å²) in [4.78, 5) is 38.5. The van der Waals surface area contributed by atoms with Gasteiger partial charge in [-0.1, -0.05) is 24.3 Å². The summed E-state index contributed by atoms with van der Waals surface area (Å²) in [6.07, 6.45) is 1.28. The normalized spacial score (nSPS) is 19.9. The summed E-state index contributed by atoms with van der Waals surface area (Å²) < 4.78 is 5.53. The summed E-state index contributed by atoms with van der Waals surface area (Å²) in [5.41, 5.74) is 2.22. The van der Waals surface area contributed by atoms with Crippen LogP contribution in [0.3, 0.4) is 0 Å². The Hall–Kier alpha value is -3.07. The lowest BCUT2D eigenvalue weighted by molar-refractivity contribution is -0.136. The molecule has 3 aliphatic rings. The third kappa shape index (κ3) is 4.98. The maximum Gasteiger partial charge on any atom is 0.410 e. The zero-order chi connectivity index (χ0) is 24.0. The molecule has 1 aromatic carbocycles. The van der Waals surface area contributed by atoms with Gasteiger partial charge in [-0.3, -0.25) is 9.59 Å². The van der Waals surface area contributed by atoms with Crippen molar-refractivity contribution in [2.75, 3.05) is 33.2 Å². The van der Waals surface area contributed by atoms with E-state index in [2.05, 4.69) is 10.3 Å². The highest BCUT2D eigenvalue weighted by molar-refractivity contribution is 5.96. The van der Waals surface area contributed by atoms with E-state index >= 15 is 0 Å². The number of benzene rings is 1. The Morgan fingerprint density at radius 3 is 2.33 bits per heavy atom. The standard InChI is InChI=1S/C24H32N4O5/c1-23(2,3)33-22(32)27-11-12-28-19(15-27)18(14-26(28)4)21(31)25-24(9-10-24)17-7-5-16(6-8-17)13-20(29)30/h5-8H,9-15H2,1-4H3,(H,25,31)(H,29,30). The molecule has 0 radical (unpaired) electrons. The topological polar surface area (TPSA) is 102 Å². The highest BCUT2D eigenvalue weighted by atomic mass is 16.6. The number of aliphatic carboxylic acids is 1. The zero-order valence-electron chi connectivity index (χ0n) is 19.7. The maximum atomic E-state index is 13.4. The van der Waals surface area contributed by atoms with Gasteiger partial charge >= 0.3 is 12.1 Å². The number of piperazine rings is 1. The molecule has 1 aliphatic carbocycles. The second kappa shape index (κ2) is 8.37. The first-order chi connectivity index (χ1) is 15.5. The third-order valence-electron chi connectivity index (χ3n) is 6.27. The van der Waals surface area contributed by atoms with Gasteiger partial charge in [-0.25, -0.2) is 9.80 Å². The van der Waals surface area contributed by atoms with Crippen molar-refractivity contribution in [3.05, 3.63) is 46.7 Å². The number of hydrogen-bond acceptors (Lipinski definition) is 6. The van der Waals surface area contributed by atoms with Crippen LogP contribution in [0, 0.1) is 0 Å². The van der Waals surface area contributed by atoms with Crippen molar-refractivity contribution in [1.82, 2.24) is 20.2 Å². The van der Waals surface area contributed by atoms with E-state index in [1.807, 2.05) is 57.1 Å². The van der Waals surface area contributed by atoms with E-state index in [0.29, 0.717) is 31.8 Å². The largest absolute Gasteiger partial charge is 0.481 e. The van der Waals surface area contributed by atoms with Crippen LogP contribution >= 0.6 is 0 Å². The molecule has 0 atom stereocenters.